The summed E-state index contributed by atoms with van der Waals surface area (Å²) in [5.74, 6) is 0. The Morgan fingerprint density at radius 1 is 0.731 bits per heavy atom. The van der Waals surface area contributed by atoms with Gasteiger partial charge in [-0.2, -0.15) is 0 Å². The third kappa shape index (κ3) is 15.0. The Kier molecular flexibility index (Phi) is 16.7. The Labute approximate surface area is 162 Å². The van der Waals surface area contributed by atoms with E-state index in [0.717, 1.165) is 19.4 Å². The van der Waals surface area contributed by atoms with Gasteiger partial charge in [0.25, 0.3) is 0 Å². The largest absolute Gasteiger partial charge is 0.391 e. The molecule has 4 nitrogen and oxygen atoms in total. The number of aliphatic hydroxyl groups excluding tert-OH is 1. The molecule has 0 aromatic heterocycles. The molecule has 0 saturated carbocycles. The molecule has 26 heavy (non-hydrogen) atoms. The van der Waals surface area contributed by atoms with Crippen molar-refractivity contribution < 1.29 is 19.3 Å². The third-order valence-electron chi connectivity index (χ3n) is 5.15. The van der Waals surface area contributed by atoms with Crippen LogP contribution in [-0.2, 0) is 14.2 Å². The average molecular weight is 373 g/mol. The molecule has 1 N–H and O–H groups in total. The number of unbranched alkanes of at least 4 members (excludes halogenated alkanes) is 11. The second-order valence-electron chi connectivity index (χ2n) is 7.76. The summed E-state index contributed by atoms with van der Waals surface area (Å²) < 4.78 is 17.1. The zero-order valence-corrected chi connectivity index (χ0v) is 17.3. The lowest BCUT2D eigenvalue weighted by Crippen LogP contribution is -2.27. The fourth-order valence-electron chi connectivity index (χ4n) is 3.36. The molecule has 0 aromatic carbocycles. The maximum Gasteiger partial charge on any atom is 0.0830 e. The summed E-state index contributed by atoms with van der Waals surface area (Å²) in [6.07, 6.45) is 17.6. The van der Waals surface area contributed by atoms with Crippen molar-refractivity contribution in [3.05, 3.63) is 0 Å². The zero-order chi connectivity index (χ0) is 18.7. The van der Waals surface area contributed by atoms with Crippen molar-refractivity contribution in [3.63, 3.8) is 0 Å². The first-order valence-electron chi connectivity index (χ1n) is 11.3. The van der Waals surface area contributed by atoms with Crippen LogP contribution in [-0.4, -0.2) is 50.3 Å². The second kappa shape index (κ2) is 18.2. The predicted molar refractivity (Wildman–Crippen MR) is 108 cm³/mol. The van der Waals surface area contributed by atoms with Crippen LogP contribution >= 0.6 is 0 Å². The number of rotatable bonds is 14. The number of hydrogen-bond acceptors (Lipinski definition) is 4. The van der Waals surface area contributed by atoms with Crippen molar-refractivity contribution >= 4 is 0 Å². The highest BCUT2D eigenvalue weighted by Gasteiger charge is 2.13. The van der Waals surface area contributed by atoms with E-state index < -0.39 is 6.10 Å². The van der Waals surface area contributed by atoms with Crippen molar-refractivity contribution in [1.29, 1.82) is 0 Å². The van der Waals surface area contributed by atoms with Crippen LogP contribution in [0.5, 0.6) is 0 Å². The van der Waals surface area contributed by atoms with Crippen LogP contribution in [0, 0.1) is 0 Å². The maximum atomic E-state index is 9.60. The summed E-state index contributed by atoms with van der Waals surface area (Å²) in [5, 5.41) is 9.60. The molecule has 0 radical (unpaired) electrons. The smallest absolute Gasteiger partial charge is 0.0830 e. The minimum atomic E-state index is -0.395. The molecule has 4 heteroatoms. The van der Waals surface area contributed by atoms with Crippen LogP contribution < -0.4 is 0 Å². The summed E-state index contributed by atoms with van der Waals surface area (Å²) in [6.45, 7) is 5.36. The minimum Gasteiger partial charge on any atom is -0.391 e. The molecule has 1 saturated heterocycles. The first-order chi connectivity index (χ1) is 12.8. The van der Waals surface area contributed by atoms with Gasteiger partial charge in [0.15, 0.2) is 0 Å². The van der Waals surface area contributed by atoms with Gasteiger partial charge in [0, 0.05) is 19.8 Å². The second-order valence-corrected chi connectivity index (χ2v) is 7.76. The minimum absolute atomic E-state index is 0.137. The SMILES string of the molecule is CCCCCCCCCCCCCCOC1CCOCC(O)CCOC1. The van der Waals surface area contributed by atoms with Crippen molar-refractivity contribution in [2.24, 2.45) is 0 Å². The van der Waals surface area contributed by atoms with Crippen molar-refractivity contribution in [2.45, 2.75) is 109 Å². The molecule has 0 amide bonds. The number of aliphatic hydroxyl groups is 1. The molecule has 0 spiro atoms. The summed E-state index contributed by atoms with van der Waals surface area (Å²) in [7, 11) is 0. The molecular formula is C22H44O4. The van der Waals surface area contributed by atoms with Gasteiger partial charge < -0.3 is 19.3 Å². The molecule has 2 atom stereocenters. The predicted octanol–water partition coefficient (Wildman–Crippen LogP) is 5.26. The number of ether oxygens (including phenoxy) is 3. The fraction of sp³-hybridized carbons (Fsp3) is 1.00. The van der Waals surface area contributed by atoms with Gasteiger partial charge in [0.2, 0.25) is 0 Å². The van der Waals surface area contributed by atoms with Gasteiger partial charge in [0.1, 0.15) is 0 Å². The van der Waals surface area contributed by atoms with Crippen LogP contribution in [0.2, 0.25) is 0 Å². The standard InChI is InChI=1S/C22H44O4/c1-2-3-4-5-6-7-8-9-10-11-12-13-16-26-22-15-18-24-19-21(23)14-17-25-20-22/h21-23H,2-20H2,1H3. The quantitative estimate of drug-likeness (QED) is 0.422. The van der Waals surface area contributed by atoms with E-state index in [-0.39, 0.29) is 6.10 Å². The van der Waals surface area contributed by atoms with E-state index in [4.69, 9.17) is 14.2 Å². The van der Waals surface area contributed by atoms with E-state index in [1.807, 2.05) is 0 Å². The van der Waals surface area contributed by atoms with E-state index in [2.05, 4.69) is 6.92 Å². The van der Waals surface area contributed by atoms with Gasteiger partial charge in [-0.05, 0) is 19.3 Å². The molecule has 1 aliphatic rings. The Morgan fingerprint density at radius 3 is 1.92 bits per heavy atom. The maximum absolute atomic E-state index is 9.60. The number of hydrogen-bond donors (Lipinski definition) is 1. The molecule has 2 unspecified atom stereocenters. The lowest BCUT2D eigenvalue weighted by molar-refractivity contribution is -0.0617. The summed E-state index contributed by atoms with van der Waals surface area (Å²) in [6, 6.07) is 0. The highest BCUT2D eigenvalue weighted by molar-refractivity contribution is 4.61. The van der Waals surface area contributed by atoms with E-state index >= 15 is 0 Å². The highest BCUT2D eigenvalue weighted by Crippen LogP contribution is 2.12. The van der Waals surface area contributed by atoms with Gasteiger partial charge in [-0.1, -0.05) is 77.6 Å². The topological polar surface area (TPSA) is 47.9 Å². The van der Waals surface area contributed by atoms with Gasteiger partial charge in [-0.25, -0.2) is 0 Å². The Morgan fingerprint density at radius 2 is 1.27 bits per heavy atom. The lowest BCUT2D eigenvalue weighted by Gasteiger charge is -2.21. The molecule has 1 fully saturated rings. The Balaban J connectivity index is 1.85. The zero-order valence-electron chi connectivity index (χ0n) is 17.3. The molecule has 1 rings (SSSR count). The lowest BCUT2D eigenvalue weighted by atomic mass is 10.1. The van der Waals surface area contributed by atoms with E-state index in [1.54, 1.807) is 0 Å². The van der Waals surface area contributed by atoms with E-state index in [9.17, 15) is 5.11 Å². The summed E-state index contributed by atoms with van der Waals surface area (Å²) in [4.78, 5) is 0. The van der Waals surface area contributed by atoms with Crippen LogP contribution in [0.1, 0.15) is 96.8 Å². The van der Waals surface area contributed by atoms with Crippen LogP contribution in [0.15, 0.2) is 0 Å². The van der Waals surface area contributed by atoms with Gasteiger partial charge in [-0.3, -0.25) is 0 Å². The van der Waals surface area contributed by atoms with Crippen LogP contribution in [0.25, 0.3) is 0 Å². The van der Waals surface area contributed by atoms with Crippen LogP contribution in [0.3, 0.4) is 0 Å². The van der Waals surface area contributed by atoms with E-state index in [0.29, 0.717) is 32.8 Å². The van der Waals surface area contributed by atoms with Gasteiger partial charge in [-0.15, -0.1) is 0 Å². The van der Waals surface area contributed by atoms with Crippen molar-refractivity contribution in [1.82, 2.24) is 0 Å². The normalized spacial score (nSPS) is 22.4. The first-order valence-corrected chi connectivity index (χ1v) is 11.3. The van der Waals surface area contributed by atoms with Crippen molar-refractivity contribution in [2.75, 3.05) is 33.0 Å². The molecule has 0 bridgehead atoms. The molecule has 0 aliphatic carbocycles. The molecule has 1 heterocycles. The molecule has 1 aliphatic heterocycles. The van der Waals surface area contributed by atoms with E-state index in [1.165, 1.54) is 70.6 Å². The van der Waals surface area contributed by atoms with Crippen LogP contribution in [0.4, 0.5) is 0 Å². The molecular weight excluding hydrogens is 328 g/mol. The highest BCUT2D eigenvalue weighted by atomic mass is 16.5. The monoisotopic (exact) mass is 372 g/mol. The third-order valence-corrected chi connectivity index (χ3v) is 5.15. The molecule has 156 valence electrons. The Bertz CT molecular complexity index is 273. The summed E-state index contributed by atoms with van der Waals surface area (Å²) in [5.41, 5.74) is 0. The molecule has 0 aromatic rings. The fourth-order valence-corrected chi connectivity index (χ4v) is 3.36. The summed E-state index contributed by atoms with van der Waals surface area (Å²) >= 11 is 0. The average Bonchev–Trinajstić information content (AvgIpc) is 2.65. The van der Waals surface area contributed by atoms with Gasteiger partial charge >= 0.3 is 0 Å². The first kappa shape index (κ1) is 23.9. The van der Waals surface area contributed by atoms with Gasteiger partial charge in [0.05, 0.1) is 25.4 Å². The Hall–Kier alpha value is -0.160. The van der Waals surface area contributed by atoms with Crippen molar-refractivity contribution in [3.8, 4) is 0 Å².